The molecule has 2 N–H and O–H groups in total. The molecule has 2 aromatic rings. The van der Waals surface area contributed by atoms with E-state index in [1.165, 1.54) is 16.8 Å². The highest BCUT2D eigenvalue weighted by Gasteiger charge is 2.19. The van der Waals surface area contributed by atoms with Gasteiger partial charge in [-0.3, -0.25) is 0 Å². The molecule has 0 aromatic heterocycles. The summed E-state index contributed by atoms with van der Waals surface area (Å²) in [6, 6.07) is 12.6. The number of aryl methyl sites for hydroxylation is 2. The quantitative estimate of drug-likeness (QED) is 0.845. The van der Waals surface area contributed by atoms with E-state index in [1.54, 1.807) is 7.11 Å². The highest BCUT2D eigenvalue weighted by Crippen LogP contribution is 2.36. The second kappa shape index (κ2) is 5.08. The minimum absolute atomic E-state index is 0.735. The molecule has 3 heteroatoms. The van der Waals surface area contributed by atoms with Crippen LogP contribution in [0.1, 0.15) is 17.5 Å². The highest BCUT2D eigenvalue weighted by atomic mass is 16.5. The molecule has 104 valence electrons. The predicted octanol–water partition coefficient (Wildman–Crippen LogP) is 3.67. The minimum Gasteiger partial charge on any atom is -0.497 e. The molecule has 3 nitrogen and oxygen atoms in total. The Bertz CT molecular complexity index is 637. The van der Waals surface area contributed by atoms with Crippen molar-refractivity contribution < 1.29 is 4.74 Å². The number of benzene rings is 2. The number of nitrogens with two attached hydrogens (primary N) is 1. The van der Waals surface area contributed by atoms with Gasteiger partial charge >= 0.3 is 0 Å². The molecule has 0 unspecified atom stereocenters. The first-order chi connectivity index (χ1) is 9.67. The first kappa shape index (κ1) is 12.9. The lowest BCUT2D eigenvalue weighted by atomic mass is 9.99. The third-order valence-electron chi connectivity index (χ3n) is 3.81. The van der Waals surface area contributed by atoms with Gasteiger partial charge in [-0.25, -0.2) is 0 Å². The van der Waals surface area contributed by atoms with Gasteiger partial charge in [0, 0.05) is 35.7 Å². The third-order valence-corrected chi connectivity index (χ3v) is 3.81. The first-order valence-corrected chi connectivity index (χ1v) is 6.99. The summed E-state index contributed by atoms with van der Waals surface area (Å²) in [5.41, 5.74) is 11.8. The summed E-state index contributed by atoms with van der Waals surface area (Å²) in [4.78, 5) is 2.33. The SMILES string of the molecule is COc1cc(N)cc(N2CCCc3cc(C)ccc32)c1. The van der Waals surface area contributed by atoms with Crippen LogP contribution in [-0.2, 0) is 6.42 Å². The van der Waals surface area contributed by atoms with Gasteiger partial charge in [-0.2, -0.15) is 0 Å². The van der Waals surface area contributed by atoms with Crippen molar-refractivity contribution >= 4 is 17.1 Å². The predicted molar refractivity (Wildman–Crippen MR) is 83.9 cm³/mol. The largest absolute Gasteiger partial charge is 0.497 e. The summed E-state index contributed by atoms with van der Waals surface area (Å²) in [6.07, 6.45) is 2.31. The number of hydrogen-bond acceptors (Lipinski definition) is 3. The van der Waals surface area contributed by atoms with Crippen molar-refractivity contribution in [2.24, 2.45) is 0 Å². The van der Waals surface area contributed by atoms with E-state index < -0.39 is 0 Å². The van der Waals surface area contributed by atoms with Gasteiger partial charge in [-0.15, -0.1) is 0 Å². The normalized spacial score (nSPS) is 14.0. The van der Waals surface area contributed by atoms with E-state index in [1.807, 2.05) is 18.2 Å². The highest BCUT2D eigenvalue weighted by molar-refractivity contribution is 5.72. The smallest absolute Gasteiger partial charge is 0.122 e. The molecule has 20 heavy (non-hydrogen) atoms. The summed E-state index contributed by atoms with van der Waals surface area (Å²) in [7, 11) is 1.67. The topological polar surface area (TPSA) is 38.5 Å². The molecular weight excluding hydrogens is 248 g/mol. The maximum absolute atomic E-state index is 5.98. The number of methoxy groups -OCH3 is 1. The van der Waals surface area contributed by atoms with Gasteiger partial charge in [-0.05, 0) is 37.5 Å². The van der Waals surface area contributed by atoms with Gasteiger partial charge in [0.1, 0.15) is 5.75 Å². The van der Waals surface area contributed by atoms with Crippen LogP contribution in [0.3, 0.4) is 0 Å². The Morgan fingerprint density at radius 1 is 1.15 bits per heavy atom. The number of anilines is 3. The van der Waals surface area contributed by atoms with Crippen molar-refractivity contribution in [3.05, 3.63) is 47.5 Å². The average molecular weight is 268 g/mol. The molecule has 0 saturated carbocycles. The van der Waals surface area contributed by atoms with Crippen LogP contribution in [0.2, 0.25) is 0 Å². The molecule has 1 aliphatic heterocycles. The minimum atomic E-state index is 0.735. The van der Waals surface area contributed by atoms with E-state index in [2.05, 4.69) is 30.0 Å². The van der Waals surface area contributed by atoms with Gasteiger partial charge in [0.25, 0.3) is 0 Å². The van der Waals surface area contributed by atoms with Crippen molar-refractivity contribution in [2.45, 2.75) is 19.8 Å². The Hall–Kier alpha value is -2.16. The lowest BCUT2D eigenvalue weighted by molar-refractivity contribution is 0.415. The molecular formula is C17H20N2O. The molecule has 0 fully saturated rings. The zero-order valence-electron chi connectivity index (χ0n) is 12.0. The van der Waals surface area contributed by atoms with E-state index in [0.29, 0.717) is 0 Å². The van der Waals surface area contributed by atoms with Crippen LogP contribution in [0.25, 0.3) is 0 Å². The summed E-state index contributed by atoms with van der Waals surface area (Å²) in [5.74, 6) is 0.805. The van der Waals surface area contributed by atoms with E-state index >= 15 is 0 Å². The number of hydrogen-bond donors (Lipinski definition) is 1. The number of rotatable bonds is 2. The number of fused-ring (bicyclic) bond motifs is 1. The third kappa shape index (κ3) is 2.31. The van der Waals surface area contributed by atoms with Crippen molar-refractivity contribution in [2.75, 3.05) is 24.3 Å². The molecule has 0 amide bonds. The molecule has 3 rings (SSSR count). The van der Waals surface area contributed by atoms with Crippen LogP contribution < -0.4 is 15.4 Å². The van der Waals surface area contributed by atoms with E-state index in [-0.39, 0.29) is 0 Å². The lowest BCUT2D eigenvalue weighted by Crippen LogP contribution is -2.24. The van der Waals surface area contributed by atoms with E-state index in [4.69, 9.17) is 10.5 Å². The van der Waals surface area contributed by atoms with Gasteiger partial charge in [0.2, 0.25) is 0 Å². The number of nitrogen functional groups attached to an aromatic ring is 1. The standard InChI is InChI=1S/C17H20N2O/c1-12-5-6-17-13(8-12)4-3-7-19(17)15-9-14(18)10-16(11-15)20-2/h5-6,8-11H,3-4,7,18H2,1-2H3. The molecule has 0 spiro atoms. The first-order valence-electron chi connectivity index (χ1n) is 6.99. The van der Waals surface area contributed by atoms with Gasteiger partial charge in [-0.1, -0.05) is 17.7 Å². The van der Waals surface area contributed by atoms with Crippen LogP contribution in [0, 0.1) is 6.92 Å². The Morgan fingerprint density at radius 3 is 2.80 bits per heavy atom. The van der Waals surface area contributed by atoms with Gasteiger partial charge in [0.15, 0.2) is 0 Å². The van der Waals surface area contributed by atoms with E-state index in [9.17, 15) is 0 Å². The Balaban J connectivity index is 2.06. The molecule has 1 heterocycles. The van der Waals surface area contributed by atoms with Crippen molar-refractivity contribution in [1.29, 1.82) is 0 Å². The fourth-order valence-corrected chi connectivity index (χ4v) is 2.87. The Labute approximate surface area is 120 Å². The number of ether oxygens (including phenoxy) is 1. The monoisotopic (exact) mass is 268 g/mol. The van der Waals surface area contributed by atoms with Crippen molar-refractivity contribution in [1.82, 2.24) is 0 Å². The fraction of sp³-hybridized carbons (Fsp3) is 0.294. The summed E-state index contributed by atoms with van der Waals surface area (Å²) >= 11 is 0. The second-order valence-electron chi connectivity index (χ2n) is 5.35. The Morgan fingerprint density at radius 2 is 2.00 bits per heavy atom. The summed E-state index contributed by atoms with van der Waals surface area (Å²) < 4.78 is 5.33. The van der Waals surface area contributed by atoms with Gasteiger partial charge in [0.05, 0.1) is 7.11 Å². The van der Waals surface area contributed by atoms with Crippen molar-refractivity contribution in [3.8, 4) is 5.75 Å². The molecule has 0 radical (unpaired) electrons. The Kier molecular flexibility index (Phi) is 3.26. The van der Waals surface area contributed by atoms with Crippen LogP contribution in [-0.4, -0.2) is 13.7 Å². The summed E-state index contributed by atoms with van der Waals surface area (Å²) in [6.45, 7) is 3.16. The fourth-order valence-electron chi connectivity index (χ4n) is 2.87. The van der Waals surface area contributed by atoms with Crippen LogP contribution in [0.4, 0.5) is 17.1 Å². The maximum atomic E-state index is 5.98. The maximum Gasteiger partial charge on any atom is 0.122 e. The van der Waals surface area contributed by atoms with Crippen molar-refractivity contribution in [3.63, 3.8) is 0 Å². The molecule has 2 aromatic carbocycles. The molecule has 1 aliphatic rings. The molecule has 0 aliphatic carbocycles. The van der Waals surface area contributed by atoms with Gasteiger partial charge < -0.3 is 15.4 Å². The summed E-state index contributed by atoms with van der Waals surface area (Å²) in [5, 5.41) is 0. The van der Waals surface area contributed by atoms with Crippen LogP contribution >= 0.6 is 0 Å². The van der Waals surface area contributed by atoms with E-state index in [0.717, 1.165) is 36.5 Å². The zero-order chi connectivity index (χ0) is 14.1. The average Bonchev–Trinajstić information content (AvgIpc) is 2.45. The number of nitrogens with zero attached hydrogens (tertiary/aromatic N) is 1. The lowest BCUT2D eigenvalue weighted by Gasteiger charge is -2.32. The molecule has 0 saturated heterocycles. The molecule has 0 atom stereocenters. The van der Waals surface area contributed by atoms with Crippen LogP contribution in [0.15, 0.2) is 36.4 Å². The molecule has 0 bridgehead atoms. The zero-order valence-corrected chi connectivity index (χ0v) is 12.0. The second-order valence-corrected chi connectivity index (χ2v) is 5.35. The van der Waals surface area contributed by atoms with Crippen LogP contribution in [0.5, 0.6) is 5.75 Å².